The molecule has 0 aromatic carbocycles. The summed E-state index contributed by atoms with van der Waals surface area (Å²) in [5.41, 5.74) is 2.84. The molecule has 0 aliphatic carbocycles. The fourth-order valence-electron chi connectivity index (χ4n) is 3.35. The van der Waals surface area contributed by atoms with E-state index in [1.54, 1.807) is 7.05 Å². The molecule has 7 heteroatoms. The number of piperidine rings is 1. The van der Waals surface area contributed by atoms with Crippen LogP contribution in [0.25, 0.3) is 0 Å². The summed E-state index contributed by atoms with van der Waals surface area (Å²) in [5.74, 6) is 1.69. The zero-order valence-corrected chi connectivity index (χ0v) is 15.6. The van der Waals surface area contributed by atoms with Crippen molar-refractivity contribution < 1.29 is 4.79 Å². The average Bonchev–Trinajstić information content (AvgIpc) is 2.61. The van der Waals surface area contributed by atoms with Gasteiger partial charge in [0.1, 0.15) is 5.82 Å². The first-order chi connectivity index (χ1) is 12.5. The van der Waals surface area contributed by atoms with Gasteiger partial charge in [0.25, 0.3) is 0 Å². The van der Waals surface area contributed by atoms with Crippen LogP contribution in [0, 0.1) is 13.8 Å². The van der Waals surface area contributed by atoms with Gasteiger partial charge in [-0.05, 0) is 51.9 Å². The number of pyridine rings is 1. The maximum Gasteiger partial charge on any atom is 0.236 e. The fraction of sp³-hybridized carbons (Fsp3) is 0.474. The van der Waals surface area contributed by atoms with E-state index in [1.807, 2.05) is 43.0 Å². The van der Waals surface area contributed by atoms with E-state index in [4.69, 9.17) is 4.98 Å². The van der Waals surface area contributed by atoms with Gasteiger partial charge in [0.15, 0.2) is 0 Å². The standard InChI is InChI=1S/C19H26N6O/c1-13-10-14(2)22-19(21-13)24-17-8-4-7-16(23-17)15-6-5-9-25(12-15)18(26)11-20-3/h4,7-8,10,15,20H,5-6,9,11-12H2,1-3H3,(H,21,22,23,24)/t15-/m1/s1. The van der Waals surface area contributed by atoms with Gasteiger partial charge in [-0.3, -0.25) is 4.79 Å². The summed E-state index contributed by atoms with van der Waals surface area (Å²) in [6.45, 7) is 5.82. The van der Waals surface area contributed by atoms with E-state index in [0.29, 0.717) is 12.5 Å². The lowest BCUT2D eigenvalue weighted by Gasteiger charge is -2.32. The monoisotopic (exact) mass is 354 g/mol. The number of nitrogens with zero attached hydrogens (tertiary/aromatic N) is 4. The van der Waals surface area contributed by atoms with Crippen molar-refractivity contribution in [3.63, 3.8) is 0 Å². The molecule has 3 heterocycles. The number of carbonyl (C=O) groups is 1. The van der Waals surface area contributed by atoms with E-state index < -0.39 is 0 Å². The summed E-state index contributed by atoms with van der Waals surface area (Å²) >= 11 is 0. The van der Waals surface area contributed by atoms with Crippen LogP contribution in [-0.2, 0) is 4.79 Å². The van der Waals surface area contributed by atoms with Crippen LogP contribution in [0.5, 0.6) is 0 Å². The Morgan fingerprint density at radius 3 is 2.73 bits per heavy atom. The van der Waals surface area contributed by atoms with Crippen molar-refractivity contribution in [2.45, 2.75) is 32.6 Å². The SMILES string of the molecule is CNCC(=O)N1CCC[C@@H](c2cccc(Nc3nc(C)cc(C)n3)n2)C1. The first-order valence-corrected chi connectivity index (χ1v) is 9.04. The van der Waals surface area contributed by atoms with Crippen LogP contribution >= 0.6 is 0 Å². The Morgan fingerprint density at radius 1 is 1.23 bits per heavy atom. The van der Waals surface area contributed by atoms with Crippen LogP contribution in [0.4, 0.5) is 11.8 Å². The average molecular weight is 354 g/mol. The third-order valence-corrected chi connectivity index (χ3v) is 4.51. The second-order valence-electron chi connectivity index (χ2n) is 6.76. The smallest absolute Gasteiger partial charge is 0.236 e. The largest absolute Gasteiger partial charge is 0.341 e. The lowest BCUT2D eigenvalue weighted by molar-refractivity contribution is -0.131. The van der Waals surface area contributed by atoms with Gasteiger partial charge in [0, 0.05) is 36.1 Å². The van der Waals surface area contributed by atoms with Crippen molar-refractivity contribution in [1.82, 2.24) is 25.2 Å². The maximum absolute atomic E-state index is 12.2. The van der Waals surface area contributed by atoms with Crippen LogP contribution < -0.4 is 10.6 Å². The Balaban J connectivity index is 1.73. The second-order valence-corrected chi connectivity index (χ2v) is 6.76. The van der Waals surface area contributed by atoms with E-state index in [-0.39, 0.29) is 11.8 Å². The molecule has 0 bridgehead atoms. The minimum atomic E-state index is 0.148. The molecule has 3 rings (SSSR count). The Hall–Kier alpha value is -2.54. The van der Waals surface area contributed by atoms with E-state index in [0.717, 1.165) is 48.8 Å². The van der Waals surface area contributed by atoms with Gasteiger partial charge in [-0.1, -0.05) is 6.07 Å². The quantitative estimate of drug-likeness (QED) is 0.856. The second kappa shape index (κ2) is 8.23. The lowest BCUT2D eigenvalue weighted by Crippen LogP contribution is -2.43. The molecule has 2 aromatic rings. The van der Waals surface area contributed by atoms with Crippen molar-refractivity contribution in [2.24, 2.45) is 0 Å². The number of likely N-dealkylation sites (N-methyl/N-ethyl adjacent to an activating group) is 1. The molecule has 1 amide bonds. The highest BCUT2D eigenvalue weighted by Crippen LogP contribution is 2.26. The van der Waals surface area contributed by atoms with Crippen molar-refractivity contribution in [2.75, 3.05) is 32.0 Å². The topological polar surface area (TPSA) is 83.0 Å². The first kappa shape index (κ1) is 18.3. The number of amides is 1. The van der Waals surface area contributed by atoms with Crippen LogP contribution in [0.3, 0.4) is 0 Å². The number of nitrogens with one attached hydrogen (secondary N) is 2. The predicted octanol–water partition coefficient (Wildman–Crippen LogP) is 2.16. The van der Waals surface area contributed by atoms with E-state index >= 15 is 0 Å². The van der Waals surface area contributed by atoms with Gasteiger partial charge >= 0.3 is 0 Å². The summed E-state index contributed by atoms with van der Waals surface area (Å²) in [5, 5.41) is 6.13. The summed E-state index contributed by atoms with van der Waals surface area (Å²) in [4.78, 5) is 27.6. The van der Waals surface area contributed by atoms with Gasteiger partial charge in [0.05, 0.1) is 6.54 Å². The fourth-order valence-corrected chi connectivity index (χ4v) is 3.35. The minimum absolute atomic E-state index is 0.148. The van der Waals surface area contributed by atoms with Crippen molar-refractivity contribution in [3.8, 4) is 0 Å². The van der Waals surface area contributed by atoms with E-state index in [9.17, 15) is 4.79 Å². The third-order valence-electron chi connectivity index (χ3n) is 4.51. The zero-order valence-electron chi connectivity index (χ0n) is 15.6. The number of likely N-dealkylation sites (tertiary alicyclic amines) is 1. The molecule has 0 unspecified atom stereocenters. The Labute approximate surface area is 154 Å². The molecule has 7 nitrogen and oxygen atoms in total. The molecule has 1 saturated heterocycles. The van der Waals surface area contributed by atoms with E-state index in [2.05, 4.69) is 20.6 Å². The van der Waals surface area contributed by atoms with Crippen LogP contribution in [0.15, 0.2) is 24.3 Å². The number of aromatic nitrogens is 3. The third kappa shape index (κ3) is 4.54. The zero-order chi connectivity index (χ0) is 18.5. The van der Waals surface area contributed by atoms with Gasteiger partial charge in [-0.15, -0.1) is 0 Å². The van der Waals surface area contributed by atoms with Gasteiger partial charge in [-0.25, -0.2) is 15.0 Å². The number of aryl methyl sites for hydroxylation is 2. The highest BCUT2D eigenvalue weighted by atomic mass is 16.2. The number of hydrogen-bond acceptors (Lipinski definition) is 6. The molecule has 0 saturated carbocycles. The highest BCUT2D eigenvalue weighted by Gasteiger charge is 2.25. The normalized spacial score (nSPS) is 17.2. The van der Waals surface area contributed by atoms with Crippen LogP contribution in [0.2, 0.25) is 0 Å². The molecule has 0 spiro atoms. The molecular formula is C19H26N6O. The molecule has 1 aliphatic rings. The summed E-state index contributed by atoms with van der Waals surface area (Å²) < 4.78 is 0. The van der Waals surface area contributed by atoms with Crippen molar-refractivity contribution in [1.29, 1.82) is 0 Å². The Kier molecular flexibility index (Phi) is 5.78. The summed E-state index contributed by atoms with van der Waals surface area (Å²) in [7, 11) is 1.80. The molecule has 26 heavy (non-hydrogen) atoms. The maximum atomic E-state index is 12.2. The van der Waals surface area contributed by atoms with Crippen LogP contribution in [0.1, 0.15) is 35.8 Å². The minimum Gasteiger partial charge on any atom is -0.341 e. The van der Waals surface area contributed by atoms with Crippen LogP contribution in [-0.4, -0.2) is 52.4 Å². The Morgan fingerprint density at radius 2 is 2.00 bits per heavy atom. The molecule has 1 fully saturated rings. The first-order valence-electron chi connectivity index (χ1n) is 9.04. The molecule has 138 valence electrons. The van der Waals surface area contributed by atoms with E-state index in [1.165, 1.54) is 0 Å². The molecular weight excluding hydrogens is 328 g/mol. The predicted molar refractivity (Wildman–Crippen MR) is 102 cm³/mol. The van der Waals surface area contributed by atoms with Gasteiger partial charge in [0.2, 0.25) is 11.9 Å². The molecule has 1 aliphatic heterocycles. The molecule has 2 aromatic heterocycles. The van der Waals surface area contributed by atoms with Gasteiger partial charge < -0.3 is 15.5 Å². The lowest BCUT2D eigenvalue weighted by atomic mass is 9.94. The molecule has 0 radical (unpaired) electrons. The number of carbonyl (C=O) groups excluding carboxylic acids is 1. The van der Waals surface area contributed by atoms with Crippen molar-refractivity contribution >= 4 is 17.7 Å². The number of hydrogen-bond donors (Lipinski definition) is 2. The Bertz CT molecular complexity index is 758. The van der Waals surface area contributed by atoms with Crippen molar-refractivity contribution in [3.05, 3.63) is 41.3 Å². The molecule has 1 atom stereocenters. The molecule has 2 N–H and O–H groups in total. The number of anilines is 2. The number of rotatable bonds is 5. The summed E-state index contributed by atoms with van der Waals surface area (Å²) in [6.07, 6.45) is 2.04. The van der Waals surface area contributed by atoms with Gasteiger partial charge in [-0.2, -0.15) is 0 Å². The highest BCUT2D eigenvalue weighted by molar-refractivity contribution is 5.78. The summed E-state index contributed by atoms with van der Waals surface area (Å²) in [6, 6.07) is 7.87.